The molecule has 1 aliphatic rings. The van der Waals surface area contributed by atoms with Crippen molar-refractivity contribution in [3.05, 3.63) is 58.7 Å². The first kappa shape index (κ1) is 15.1. The molecule has 2 atom stereocenters. The van der Waals surface area contributed by atoms with Crippen molar-refractivity contribution in [3.8, 4) is 0 Å². The Morgan fingerprint density at radius 1 is 1.32 bits per heavy atom. The van der Waals surface area contributed by atoms with Gasteiger partial charge in [0.2, 0.25) is 0 Å². The largest absolute Gasteiger partial charge is 0.384 e. The summed E-state index contributed by atoms with van der Waals surface area (Å²) in [4.78, 5) is 8.69. The normalized spacial score (nSPS) is 21.6. The standard InChI is InChI=1S/C18H23N3O/c1-12(16-10-19-14(3)21-13(16)2)20-11-18(22)9-8-15-6-4-5-7-17(15)18/h4-7,10,12,20,22H,8-9,11H2,1-3H3. The third kappa shape index (κ3) is 2.76. The first-order valence-corrected chi connectivity index (χ1v) is 7.84. The molecule has 1 aromatic carbocycles. The number of aliphatic hydroxyl groups is 1. The lowest BCUT2D eigenvalue weighted by Crippen LogP contribution is -2.37. The number of benzene rings is 1. The van der Waals surface area contributed by atoms with Crippen molar-refractivity contribution < 1.29 is 5.11 Å². The van der Waals surface area contributed by atoms with Gasteiger partial charge in [0, 0.05) is 30.0 Å². The average Bonchev–Trinajstić information content (AvgIpc) is 2.83. The van der Waals surface area contributed by atoms with Crippen LogP contribution in [0.1, 0.15) is 47.6 Å². The van der Waals surface area contributed by atoms with Crippen LogP contribution < -0.4 is 5.32 Å². The van der Waals surface area contributed by atoms with E-state index in [0.29, 0.717) is 6.54 Å². The summed E-state index contributed by atoms with van der Waals surface area (Å²) in [5, 5.41) is 14.4. The Hall–Kier alpha value is -1.78. The topological polar surface area (TPSA) is 58.0 Å². The van der Waals surface area contributed by atoms with Crippen molar-refractivity contribution in [3.63, 3.8) is 0 Å². The van der Waals surface area contributed by atoms with Gasteiger partial charge in [-0.05, 0) is 44.7 Å². The van der Waals surface area contributed by atoms with Gasteiger partial charge in [-0.15, -0.1) is 0 Å². The molecule has 116 valence electrons. The number of fused-ring (bicyclic) bond motifs is 1. The van der Waals surface area contributed by atoms with E-state index in [9.17, 15) is 5.11 Å². The second kappa shape index (κ2) is 5.78. The second-order valence-corrected chi connectivity index (χ2v) is 6.25. The number of aryl methyl sites for hydroxylation is 3. The lowest BCUT2D eigenvalue weighted by Gasteiger charge is -2.27. The predicted molar refractivity (Wildman–Crippen MR) is 86.6 cm³/mol. The van der Waals surface area contributed by atoms with Crippen LogP contribution in [0.5, 0.6) is 0 Å². The first-order chi connectivity index (χ1) is 10.5. The molecule has 1 heterocycles. The Kier molecular flexibility index (Phi) is 3.98. The van der Waals surface area contributed by atoms with Gasteiger partial charge >= 0.3 is 0 Å². The highest BCUT2D eigenvalue weighted by Gasteiger charge is 2.36. The lowest BCUT2D eigenvalue weighted by molar-refractivity contribution is 0.0363. The number of aromatic nitrogens is 2. The quantitative estimate of drug-likeness (QED) is 0.910. The van der Waals surface area contributed by atoms with Crippen molar-refractivity contribution >= 4 is 0 Å². The maximum absolute atomic E-state index is 11.0. The number of hydrogen-bond acceptors (Lipinski definition) is 4. The van der Waals surface area contributed by atoms with Crippen molar-refractivity contribution in [2.45, 2.75) is 45.3 Å². The van der Waals surface area contributed by atoms with Crippen LogP contribution in [0.25, 0.3) is 0 Å². The van der Waals surface area contributed by atoms with Crippen LogP contribution >= 0.6 is 0 Å². The lowest BCUT2D eigenvalue weighted by atomic mass is 9.95. The highest BCUT2D eigenvalue weighted by atomic mass is 16.3. The van der Waals surface area contributed by atoms with E-state index in [4.69, 9.17) is 0 Å². The van der Waals surface area contributed by atoms with Gasteiger partial charge in [-0.1, -0.05) is 24.3 Å². The second-order valence-electron chi connectivity index (χ2n) is 6.25. The number of hydrogen-bond donors (Lipinski definition) is 2. The van der Waals surface area contributed by atoms with Gasteiger partial charge in [-0.2, -0.15) is 0 Å². The van der Waals surface area contributed by atoms with E-state index in [0.717, 1.165) is 35.5 Å². The van der Waals surface area contributed by atoms with Crippen LogP contribution in [0.4, 0.5) is 0 Å². The molecule has 1 aliphatic carbocycles. The van der Waals surface area contributed by atoms with E-state index >= 15 is 0 Å². The van der Waals surface area contributed by atoms with E-state index in [1.165, 1.54) is 5.56 Å². The fraction of sp³-hybridized carbons (Fsp3) is 0.444. The number of nitrogens with one attached hydrogen (secondary N) is 1. The number of rotatable bonds is 4. The molecule has 0 saturated heterocycles. The van der Waals surface area contributed by atoms with Gasteiger partial charge in [-0.3, -0.25) is 0 Å². The zero-order valence-corrected chi connectivity index (χ0v) is 13.4. The first-order valence-electron chi connectivity index (χ1n) is 7.84. The zero-order chi connectivity index (χ0) is 15.7. The van der Waals surface area contributed by atoms with Crippen LogP contribution in [0, 0.1) is 13.8 Å². The zero-order valence-electron chi connectivity index (χ0n) is 13.4. The van der Waals surface area contributed by atoms with Gasteiger partial charge in [0.05, 0.1) is 0 Å². The SMILES string of the molecule is Cc1ncc(C(C)NCC2(O)CCc3ccccc32)c(C)n1. The molecule has 22 heavy (non-hydrogen) atoms. The van der Waals surface area contributed by atoms with Crippen LogP contribution in [0.15, 0.2) is 30.5 Å². The summed E-state index contributed by atoms with van der Waals surface area (Å²) < 4.78 is 0. The highest BCUT2D eigenvalue weighted by Crippen LogP contribution is 2.36. The van der Waals surface area contributed by atoms with Crippen molar-refractivity contribution in [1.29, 1.82) is 0 Å². The minimum atomic E-state index is -0.773. The summed E-state index contributed by atoms with van der Waals surface area (Å²) in [5.74, 6) is 0.789. The monoisotopic (exact) mass is 297 g/mol. The molecule has 3 rings (SSSR count). The molecule has 4 nitrogen and oxygen atoms in total. The van der Waals surface area contributed by atoms with Gasteiger partial charge in [0.15, 0.2) is 0 Å². The molecular weight excluding hydrogens is 274 g/mol. The molecule has 0 radical (unpaired) electrons. The predicted octanol–water partition coefficient (Wildman–Crippen LogP) is 2.58. The Morgan fingerprint density at radius 2 is 2.09 bits per heavy atom. The molecule has 2 N–H and O–H groups in total. The minimum Gasteiger partial charge on any atom is -0.384 e. The highest BCUT2D eigenvalue weighted by molar-refractivity contribution is 5.37. The maximum Gasteiger partial charge on any atom is 0.125 e. The average molecular weight is 297 g/mol. The van der Waals surface area contributed by atoms with E-state index in [1.54, 1.807) is 0 Å². The molecule has 0 saturated carbocycles. The van der Waals surface area contributed by atoms with Crippen LogP contribution in [-0.2, 0) is 12.0 Å². The summed E-state index contributed by atoms with van der Waals surface area (Å²) in [6.45, 7) is 6.53. The molecule has 0 aliphatic heterocycles. The van der Waals surface area contributed by atoms with E-state index in [2.05, 4.69) is 28.3 Å². The summed E-state index contributed by atoms with van der Waals surface area (Å²) in [6, 6.07) is 8.28. The molecular formula is C18H23N3O. The molecule has 0 bridgehead atoms. The summed E-state index contributed by atoms with van der Waals surface area (Å²) in [6.07, 6.45) is 3.59. The molecule has 4 heteroatoms. The fourth-order valence-corrected chi connectivity index (χ4v) is 3.30. The maximum atomic E-state index is 11.0. The number of nitrogens with zero attached hydrogens (tertiary/aromatic N) is 2. The van der Waals surface area contributed by atoms with Crippen molar-refractivity contribution in [2.75, 3.05) is 6.54 Å². The smallest absolute Gasteiger partial charge is 0.125 e. The van der Waals surface area contributed by atoms with Gasteiger partial charge < -0.3 is 10.4 Å². The molecule has 1 aromatic heterocycles. The van der Waals surface area contributed by atoms with E-state index in [-0.39, 0.29) is 6.04 Å². The molecule has 2 aromatic rings. The van der Waals surface area contributed by atoms with Crippen molar-refractivity contribution in [2.24, 2.45) is 0 Å². The third-order valence-electron chi connectivity index (χ3n) is 4.63. The van der Waals surface area contributed by atoms with Gasteiger partial charge in [0.25, 0.3) is 0 Å². The Bertz CT molecular complexity index is 686. The molecule has 2 unspecified atom stereocenters. The van der Waals surface area contributed by atoms with E-state index in [1.807, 2.05) is 38.2 Å². The third-order valence-corrected chi connectivity index (χ3v) is 4.63. The van der Waals surface area contributed by atoms with Crippen LogP contribution in [0.3, 0.4) is 0 Å². The molecule has 0 fully saturated rings. The van der Waals surface area contributed by atoms with Gasteiger partial charge in [-0.25, -0.2) is 9.97 Å². The minimum absolute atomic E-state index is 0.109. The van der Waals surface area contributed by atoms with Gasteiger partial charge in [0.1, 0.15) is 11.4 Å². The molecule has 0 amide bonds. The Morgan fingerprint density at radius 3 is 2.86 bits per heavy atom. The van der Waals surface area contributed by atoms with Crippen LogP contribution in [-0.4, -0.2) is 21.6 Å². The fourth-order valence-electron chi connectivity index (χ4n) is 3.30. The van der Waals surface area contributed by atoms with Crippen molar-refractivity contribution in [1.82, 2.24) is 15.3 Å². The summed E-state index contributed by atoms with van der Waals surface area (Å²) in [7, 11) is 0. The Balaban J connectivity index is 1.72. The Labute approximate surface area is 131 Å². The van der Waals surface area contributed by atoms with E-state index < -0.39 is 5.60 Å². The van der Waals surface area contributed by atoms with Crippen LogP contribution in [0.2, 0.25) is 0 Å². The summed E-state index contributed by atoms with van der Waals surface area (Å²) >= 11 is 0. The summed E-state index contributed by atoms with van der Waals surface area (Å²) in [5.41, 5.74) is 3.62. The molecule has 0 spiro atoms.